The Hall–Kier alpha value is -1.30. The van der Waals surface area contributed by atoms with Gasteiger partial charge in [0.25, 0.3) is 0 Å². The standard InChI is InChI=1S/C16H14/c1-2-10-5-6-12-8-7-11-4-3-9(1)13-14(10)16(12)15(11)13/h1-2,7-8,13-14H,3-6H2/t13-,14+. The molecule has 1 aromatic carbocycles. The number of benzene rings is 1. The monoisotopic (exact) mass is 206 g/mol. The molecule has 0 unspecified atom stereocenters. The maximum Gasteiger partial charge on any atom is 0.0164 e. The first-order chi connectivity index (χ1) is 7.93. The molecule has 0 nitrogen and oxygen atoms in total. The normalized spacial score (nSPS) is 31.5. The lowest BCUT2D eigenvalue weighted by molar-refractivity contribution is 0.491. The van der Waals surface area contributed by atoms with Crippen molar-refractivity contribution in [2.75, 3.05) is 0 Å². The Morgan fingerprint density at radius 1 is 0.688 bits per heavy atom. The average Bonchev–Trinajstić information content (AvgIpc) is 2.32. The summed E-state index contributed by atoms with van der Waals surface area (Å²) in [5, 5.41) is 0. The van der Waals surface area contributed by atoms with Crippen molar-refractivity contribution in [3.05, 3.63) is 57.7 Å². The molecular weight excluding hydrogens is 192 g/mol. The first-order valence-electron chi connectivity index (χ1n) is 6.47. The third-order valence-corrected chi connectivity index (χ3v) is 5.10. The van der Waals surface area contributed by atoms with Crippen LogP contribution in [-0.2, 0) is 12.8 Å². The van der Waals surface area contributed by atoms with Gasteiger partial charge in [0.2, 0.25) is 0 Å². The van der Waals surface area contributed by atoms with Crippen LogP contribution in [-0.4, -0.2) is 0 Å². The van der Waals surface area contributed by atoms with E-state index in [9.17, 15) is 0 Å². The Morgan fingerprint density at radius 2 is 1.19 bits per heavy atom. The summed E-state index contributed by atoms with van der Waals surface area (Å²) >= 11 is 0. The van der Waals surface area contributed by atoms with Gasteiger partial charge in [0.05, 0.1) is 0 Å². The molecule has 4 aliphatic rings. The van der Waals surface area contributed by atoms with E-state index in [2.05, 4.69) is 24.3 Å². The first kappa shape index (κ1) is 7.89. The number of aryl methyl sites for hydroxylation is 2. The molecular formula is C16H14. The molecule has 0 heteroatoms. The van der Waals surface area contributed by atoms with E-state index in [-0.39, 0.29) is 0 Å². The van der Waals surface area contributed by atoms with Gasteiger partial charge in [0.15, 0.2) is 0 Å². The van der Waals surface area contributed by atoms with Crippen LogP contribution in [0.3, 0.4) is 0 Å². The molecule has 5 rings (SSSR count). The highest BCUT2D eigenvalue weighted by Crippen LogP contribution is 2.63. The highest BCUT2D eigenvalue weighted by Gasteiger charge is 2.48. The molecule has 0 amide bonds. The molecule has 0 heterocycles. The molecule has 0 N–H and O–H groups in total. The molecule has 0 aromatic heterocycles. The molecule has 0 radical (unpaired) electrons. The predicted molar refractivity (Wildman–Crippen MR) is 64.7 cm³/mol. The van der Waals surface area contributed by atoms with Gasteiger partial charge >= 0.3 is 0 Å². The minimum absolute atomic E-state index is 0.805. The molecule has 0 fully saturated rings. The van der Waals surface area contributed by atoms with Crippen LogP contribution in [0.1, 0.15) is 46.9 Å². The van der Waals surface area contributed by atoms with Gasteiger partial charge in [-0.05, 0) is 47.9 Å². The summed E-state index contributed by atoms with van der Waals surface area (Å²) in [4.78, 5) is 0. The summed E-state index contributed by atoms with van der Waals surface area (Å²) in [5.41, 5.74) is 10.2. The molecule has 0 saturated heterocycles. The maximum atomic E-state index is 2.43. The van der Waals surface area contributed by atoms with Crippen molar-refractivity contribution in [1.82, 2.24) is 0 Å². The molecule has 78 valence electrons. The zero-order valence-electron chi connectivity index (χ0n) is 9.29. The van der Waals surface area contributed by atoms with Crippen LogP contribution >= 0.6 is 0 Å². The molecule has 4 aliphatic carbocycles. The van der Waals surface area contributed by atoms with Gasteiger partial charge in [0, 0.05) is 11.8 Å². The van der Waals surface area contributed by atoms with Gasteiger partial charge in [-0.1, -0.05) is 35.4 Å². The van der Waals surface area contributed by atoms with Gasteiger partial charge < -0.3 is 0 Å². The summed E-state index contributed by atoms with van der Waals surface area (Å²) < 4.78 is 0. The molecule has 1 aromatic rings. The average molecular weight is 206 g/mol. The van der Waals surface area contributed by atoms with Crippen molar-refractivity contribution in [3.8, 4) is 0 Å². The van der Waals surface area contributed by atoms with Crippen LogP contribution < -0.4 is 0 Å². The number of rotatable bonds is 0. The number of hydrogen-bond donors (Lipinski definition) is 0. The topological polar surface area (TPSA) is 0 Å². The highest BCUT2D eigenvalue weighted by molar-refractivity contribution is 5.66. The second kappa shape index (κ2) is 2.34. The summed E-state index contributed by atoms with van der Waals surface area (Å²) in [6.07, 6.45) is 10.0. The lowest BCUT2D eigenvalue weighted by Crippen LogP contribution is -2.37. The Balaban J connectivity index is 1.94. The lowest BCUT2D eigenvalue weighted by atomic mass is 9.52. The molecule has 0 spiro atoms. The first-order valence-corrected chi connectivity index (χ1v) is 6.47. The quantitative estimate of drug-likeness (QED) is 0.608. The van der Waals surface area contributed by atoms with Gasteiger partial charge in [-0.2, -0.15) is 0 Å². The Bertz CT molecular complexity index is 533. The van der Waals surface area contributed by atoms with E-state index in [0.717, 1.165) is 11.8 Å². The van der Waals surface area contributed by atoms with Gasteiger partial charge in [-0.25, -0.2) is 0 Å². The van der Waals surface area contributed by atoms with E-state index in [1.165, 1.54) is 25.7 Å². The SMILES string of the molecule is C1=C2CCc3ccc4c5c3[C@@H]2[C@H]5C(=C1)CC4. The highest BCUT2D eigenvalue weighted by atomic mass is 14.5. The summed E-state index contributed by atoms with van der Waals surface area (Å²) in [6, 6.07) is 4.81. The summed E-state index contributed by atoms with van der Waals surface area (Å²) in [5.74, 6) is 1.61. The van der Waals surface area contributed by atoms with Crippen LogP contribution in [0, 0.1) is 0 Å². The van der Waals surface area contributed by atoms with E-state index in [4.69, 9.17) is 0 Å². The van der Waals surface area contributed by atoms with E-state index < -0.39 is 0 Å². The second-order valence-electron chi connectivity index (χ2n) is 5.65. The lowest BCUT2D eigenvalue weighted by Gasteiger charge is -2.51. The zero-order valence-corrected chi connectivity index (χ0v) is 9.29. The van der Waals surface area contributed by atoms with Gasteiger partial charge in [0.1, 0.15) is 0 Å². The van der Waals surface area contributed by atoms with Crippen molar-refractivity contribution in [1.29, 1.82) is 0 Å². The van der Waals surface area contributed by atoms with Gasteiger partial charge in [-0.15, -0.1) is 0 Å². The fourth-order valence-electron chi connectivity index (χ4n) is 4.39. The zero-order chi connectivity index (χ0) is 10.3. The summed E-state index contributed by atoms with van der Waals surface area (Å²) in [7, 11) is 0. The second-order valence-corrected chi connectivity index (χ2v) is 5.65. The van der Waals surface area contributed by atoms with Crippen LogP contribution in [0.2, 0.25) is 0 Å². The van der Waals surface area contributed by atoms with Crippen molar-refractivity contribution in [2.24, 2.45) is 0 Å². The van der Waals surface area contributed by atoms with Gasteiger partial charge in [-0.3, -0.25) is 0 Å². The third-order valence-electron chi connectivity index (χ3n) is 5.10. The minimum atomic E-state index is 0.805. The molecule has 0 saturated carbocycles. The fraction of sp³-hybridized carbons (Fsp3) is 0.375. The van der Waals surface area contributed by atoms with Crippen LogP contribution in [0.15, 0.2) is 35.4 Å². The van der Waals surface area contributed by atoms with E-state index >= 15 is 0 Å². The van der Waals surface area contributed by atoms with Crippen molar-refractivity contribution in [3.63, 3.8) is 0 Å². The van der Waals surface area contributed by atoms with Crippen LogP contribution in [0.4, 0.5) is 0 Å². The largest absolute Gasteiger partial charge is 0.0624 e. The van der Waals surface area contributed by atoms with Crippen LogP contribution in [0.25, 0.3) is 0 Å². The smallest absolute Gasteiger partial charge is 0.0164 e. The van der Waals surface area contributed by atoms with E-state index in [1.54, 1.807) is 33.4 Å². The Kier molecular flexibility index (Phi) is 1.16. The minimum Gasteiger partial charge on any atom is -0.0624 e. The number of allylic oxidation sites excluding steroid dienone is 4. The van der Waals surface area contributed by atoms with E-state index in [1.807, 2.05) is 0 Å². The van der Waals surface area contributed by atoms with Crippen molar-refractivity contribution >= 4 is 0 Å². The van der Waals surface area contributed by atoms with Crippen LogP contribution in [0.5, 0.6) is 0 Å². The fourth-order valence-corrected chi connectivity index (χ4v) is 4.39. The molecule has 0 aliphatic heterocycles. The summed E-state index contributed by atoms with van der Waals surface area (Å²) in [6.45, 7) is 0. The Morgan fingerprint density at radius 3 is 1.69 bits per heavy atom. The van der Waals surface area contributed by atoms with Crippen molar-refractivity contribution in [2.45, 2.75) is 37.5 Å². The van der Waals surface area contributed by atoms with E-state index in [0.29, 0.717) is 0 Å². The predicted octanol–water partition coefficient (Wildman–Crippen LogP) is 3.63. The molecule has 2 atom stereocenters. The maximum absolute atomic E-state index is 2.43. The molecule has 16 heavy (non-hydrogen) atoms. The molecule has 0 bridgehead atoms. The Labute approximate surface area is 95.7 Å². The third kappa shape index (κ3) is 0.676. The number of hydrogen-bond acceptors (Lipinski definition) is 0. The van der Waals surface area contributed by atoms with Crippen molar-refractivity contribution < 1.29 is 0 Å².